The molecule has 0 fully saturated rings. The van der Waals surface area contributed by atoms with Crippen molar-refractivity contribution < 1.29 is 4.79 Å². The number of carbonyl (C=O) groups excluding carboxylic acids is 1. The van der Waals surface area contributed by atoms with Gasteiger partial charge < -0.3 is 16.0 Å². The Morgan fingerprint density at radius 2 is 2.04 bits per heavy atom. The quantitative estimate of drug-likeness (QED) is 0.316. The van der Waals surface area contributed by atoms with Crippen LogP contribution in [0.2, 0.25) is 10.0 Å². The van der Waals surface area contributed by atoms with Crippen molar-refractivity contribution in [1.29, 1.82) is 0 Å². The Hall–Kier alpha value is -1.58. The molecule has 0 aliphatic carbocycles. The van der Waals surface area contributed by atoms with Crippen LogP contribution in [0.3, 0.4) is 0 Å². The normalized spacial score (nSPS) is 10.7. The SMILES string of the molecule is CCNC(=NCc1ccc(Cl)cc1Cl)NCC(=O)Nc1cccnc1.I. The van der Waals surface area contributed by atoms with Gasteiger partial charge in [-0.2, -0.15) is 0 Å². The zero-order valence-electron chi connectivity index (χ0n) is 14.1. The molecule has 2 rings (SSSR count). The van der Waals surface area contributed by atoms with Crippen molar-refractivity contribution in [2.24, 2.45) is 4.99 Å². The van der Waals surface area contributed by atoms with Gasteiger partial charge in [-0.05, 0) is 36.8 Å². The molecule has 1 amide bonds. The summed E-state index contributed by atoms with van der Waals surface area (Å²) in [6, 6.07) is 8.79. The fourth-order valence-corrected chi connectivity index (χ4v) is 2.43. The lowest BCUT2D eigenvalue weighted by Crippen LogP contribution is -2.41. The standard InChI is InChI=1S/C17H19Cl2N5O.HI/c1-2-21-17(22-9-12-5-6-13(18)8-15(12)19)23-11-16(25)24-14-4-3-7-20-10-14;/h3-8,10H,2,9,11H2,1H3,(H,24,25)(H2,21,22,23);1H. The number of benzene rings is 1. The molecule has 3 N–H and O–H groups in total. The summed E-state index contributed by atoms with van der Waals surface area (Å²) < 4.78 is 0. The van der Waals surface area contributed by atoms with Gasteiger partial charge in [-0.15, -0.1) is 24.0 Å². The molecule has 0 saturated heterocycles. The van der Waals surface area contributed by atoms with E-state index in [2.05, 4.69) is 25.9 Å². The van der Waals surface area contributed by atoms with Crippen molar-refractivity contribution >= 4 is 64.7 Å². The van der Waals surface area contributed by atoms with Gasteiger partial charge in [-0.3, -0.25) is 9.78 Å². The third-order valence-corrected chi connectivity index (χ3v) is 3.72. The lowest BCUT2D eigenvalue weighted by molar-refractivity contribution is -0.115. The lowest BCUT2D eigenvalue weighted by atomic mass is 10.2. The number of aliphatic imine (C=N–C) groups is 1. The van der Waals surface area contributed by atoms with Crippen molar-refractivity contribution in [3.63, 3.8) is 0 Å². The second-order valence-electron chi connectivity index (χ2n) is 5.07. The number of anilines is 1. The van der Waals surface area contributed by atoms with E-state index < -0.39 is 0 Å². The highest BCUT2D eigenvalue weighted by Gasteiger charge is 2.05. The molecule has 0 spiro atoms. The molecule has 0 radical (unpaired) electrons. The van der Waals surface area contributed by atoms with E-state index in [4.69, 9.17) is 23.2 Å². The first kappa shape index (κ1) is 22.5. The van der Waals surface area contributed by atoms with Crippen LogP contribution in [0, 0.1) is 0 Å². The predicted molar refractivity (Wildman–Crippen MR) is 118 cm³/mol. The predicted octanol–water partition coefficient (Wildman–Crippen LogP) is 3.70. The van der Waals surface area contributed by atoms with Gasteiger partial charge in [0, 0.05) is 22.8 Å². The van der Waals surface area contributed by atoms with Crippen molar-refractivity contribution in [1.82, 2.24) is 15.6 Å². The van der Waals surface area contributed by atoms with Crippen LogP contribution >= 0.6 is 47.2 Å². The van der Waals surface area contributed by atoms with Crippen LogP contribution in [-0.2, 0) is 11.3 Å². The number of hydrogen-bond donors (Lipinski definition) is 3. The van der Waals surface area contributed by atoms with Crippen LogP contribution in [0.5, 0.6) is 0 Å². The van der Waals surface area contributed by atoms with E-state index in [0.717, 1.165) is 5.56 Å². The number of halogens is 3. The molecule has 0 unspecified atom stereocenters. The van der Waals surface area contributed by atoms with Gasteiger partial charge in [0.05, 0.1) is 25.0 Å². The minimum atomic E-state index is -0.192. The average molecular weight is 508 g/mol. The van der Waals surface area contributed by atoms with Gasteiger partial charge in [-0.1, -0.05) is 29.3 Å². The zero-order valence-corrected chi connectivity index (χ0v) is 18.0. The van der Waals surface area contributed by atoms with Crippen LogP contribution in [-0.4, -0.2) is 29.9 Å². The number of rotatable bonds is 6. The van der Waals surface area contributed by atoms with Gasteiger partial charge in [0.15, 0.2) is 5.96 Å². The Kier molecular flexibility index (Phi) is 10.3. The summed E-state index contributed by atoms with van der Waals surface area (Å²) >= 11 is 12.0. The number of nitrogens with zero attached hydrogens (tertiary/aromatic N) is 2. The maximum atomic E-state index is 12.0. The van der Waals surface area contributed by atoms with Crippen LogP contribution < -0.4 is 16.0 Å². The first-order valence-corrected chi connectivity index (χ1v) is 8.50. The molecule has 1 aromatic heterocycles. The molecule has 0 aliphatic heterocycles. The molecule has 9 heteroatoms. The van der Waals surface area contributed by atoms with Crippen LogP contribution in [0.4, 0.5) is 5.69 Å². The third kappa shape index (κ3) is 7.76. The summed E-state index contributed by atoms with van der Waals surface area (Å²) in [5.41, 5.74) is 1.49. The molecular formula is C17H20Cl2IN5O. The maximum absolute atomic E-state index is 12.0. The highest BCUT2D eigenvalue weighted by atomic mass is 127. The molecule has 0 saturated carbocycles. The first-order valence-electron chi connectivity index (χ1n) is 7.74. The van der Waals surface area contributed by atoms with E-state index in [1.807, 2.05) is 13.0 Å². The van der Waals surface area contributed by atoms with E-state index in [9.17, 15) is 4.79 Å². The first-order chi connectivity index (χ1) is 12.1. The minimum Gasteiger partial charge on any atom is -0.357 e. The van der Waals surface area contributed by atoms with Crippen molar-refractivity contribution in [3.8, 4) is 0 Å². The molecule has 26 heavy (non-hydrogen) atoms. The van der Waals surface area contributed by atoms with Gasteiger partial charge in [0.2, 0.25) is 5.91 Å². The van der Waals surface area contributed by atoms with Crippen molar-refractivity contribution in [3.05, 3.63) is 58.3 Å². The fraction of sp³-hybridized carbons (Fsp3) is 0.235. The number of hydrogen-bond acceptors (Lipinski definition) is 3. The zero-order chi connectivity index (χ0) is 18.1. The maximum Gasteiger partial charge on any atom is 0.243 e. The molecule has 2 aromatic rings. The summed E-state index contributed by atoms with van der Waals surface area (Å²) in [5.74, 6) is 0.331. The van der Waals surface area contributed by atoms with E-state index in [0.29, 0.717) is 34.8 Å². The molecule has 6 nitrogen and oxygen atoms in total. The smallest absolute Gasteiger partial charge is 0.243 e. The molecule has 0 atom stereocenters. The van der Waals surface area contributed by atoms with Gasteiger partial charge >= 0.3 is 0 Å². The molecular weight excluding hydrogens is 488 g/mol. The van der Waals surface area contributed by atoms with E-state index >= 15 is 0 Å². The highest BCUT2D eigenvalue weighted by Crippen LogP contribution is 2.21. The summed E-state index contributed by atoms with van der Waals surface area (Å²) in [6.45, 7) is 3.07. The lowest BCUT2D eigenvalue weighted by Gasteiger charge is -2.12. The molecule has 140 valence electrons. The van der Waals surface area contributed by atoms with Crippen molar-refractivity contribution in [2.45, 2.75) is 13.5 Å². The number of pyridine rings is 1. The van der Waals surface area contributed by atoms with Crippen LogP contribution in [0.25, 0.3) is 0 Å². The average Bonchev–Trinajstić information content (AvgIpc) is 2.59. The number of carbonyl (C=O) groups is 1. The number of nitrogens with one attached hydrogen (secondary N) is 3. The molecule has 1 aromatic carbocycles. The Morgan fingerprint density at radius 1 is 1.23 bits per heavy atom. The van der Waals surface area contributed by atoms with E-state index in [1.54, 1.807) is 36.7 Å². The topological polar surface area (TPSA) is 78.4 Å². The largest absolute Gasteiger partial charge is 0.357 e. The minimum absolute atomic E-state index is 0. The second-order valence-corrected chi connectivity index (χ2v) is 5.92. The summed E-state index contributed by atoms with van der Waals surface area (Å²) in [4.78, 5) is 20.3. The van der Waals surface area contributed by atoms with E-state index in [1.165, 1.54) is 0 Å². The fourth-order valence-electron chi connectivity index (χ4n) is 1.96. The molecule has 0 bridgehead atoms. The summed E-state index contributed by atoms with van der Waals surface area (Å²) in [5, 5.41) is 9.94. The Morgan fingerprint density at radius 3 is 2.69 bits per heavy atom. The molecule has 0 aliphatic rings. The van der Waals surface area contributed by atoms with Crippen LogP contribution in [0.15, 0.2) is 47.7 Å². The number of amides is 1. The third-order valence-electron chi connectivity index (χ3n) is 3.13. The van der Waals surface area contributed by atoms with Crippen molar-refractivity contribution in [2.75, 3.05) is 18.4 Å². The Labute approximate surface area is 179 Å². The van der Waals surface area contributed by atoms with E-state index in [-0.39, 0.29) is 36.4 Å². The van der Waals surface area contributed by atoms with Gasteiger partial charge in [-0.25, -0.2) is 4.99 Å². The van der Waals surface area contributed by atoms with Gasteiger partial charge in [0.25, 0.3) is 0 Å². The summed E-state index contributed by atoms with van der Waals surface area (Å²) in [6.07, 6.45) is 3.23. The Balaban J connectivity index is 0.00000338. The highest BCUT2D eigenvalue weighted by molar-refractivity contribution is 14.0. The molecule has 1 heterocycles. The monoisotopic (exact) mass is 507 g/mol. The second kappa shape index (κ2) is 11.9. The van der Waals surface area contributed by atoms with Gasteiger partial charge in [0.1, 0.15) is 0 Å². The Bertz CT molecular complexity index is 743. The van der Waals surface area contributed by atoms with Crippen LogP contribution in [0.1, 0.15) is 12.5 Å². The number of aromatic nitrogens is 1. The summed E-state index contributed by atoms with van der Waals surface area (Å²) in [7, 11) is 0. The number of guanidine groups is 1.